The van der Waals surface area contributed by atoms with Crippen molar-refractivity contribution in [1.29, 1.82) is 0 Å². The van der Waals surface area contributed by atoms with E-state index in [0.717, 1.165) is 42.5 Å². The minimum absolute atomic E-state index is 0.256. The van der Waals surface area contributed by atoms with E-state index in [1.54, 1.807) is 6.07 Å². The Labute approximate surface area is 168 Å². The Bertz CT molecular complexity index is 932. The van der Waals surface area contributed by atoms with Gasteiger partial charge in [0.15, 0.2) is 0 Å². The Hall–Kier alpha value is -2.24. The highest BCUT2D eigenvalue weighted by Crippen LogP contribution is 2.40. The first kappa shape index (κ1) is 18.1. The summed E-state index contributed by atoms with van der Waals surface area (Å²) >= 11 is 12.2. The third-order valence-electron chi connectivity index (χ3n) is 5.21. The van der Waals surface area contributed by atoms with Gasteiger partial charge in [0.25, 0.3) is 0 Å². The van der Waals surface area contributed by atoms with Gasteiger partial charge in [0.2, 0.25) is 11.9 Å². The zero-order chi connectivity index (χ0) is 19.0. The van der Waals surface area contributed by atoms with Gasteiger partial charge in [0, 0.05) is 5.69 Å². The van der Waals surface area contributed by atoms with Crippen molar-refractivity contribution in [3.05, 3.63) is 52.5 Å². The quantitative estimate of drug-likeness (QED) is 0.759. The molecule has 2 aliphatic rings. The zero-order valence-electron chi connectivity index (χ0n) is 14.8. The second-order valence-corrected chi connectivity index (χ2v) is 7.81. The topological polar surface area (TPSA) is 80.0 Å². The van der Waals surface area contributed by atoms with E-state index in [9.17, 15) is 0 Å². The van der Waals surface area contributed by atoms with Gasteiger partial charge in [-0.05, 0) is 61.1 Å². The summed E-state index contributed by atoms with van der Waals surface area (Å²) in [6, 6.07) is 13.8. The Balaban J connectivity index is 1.78. The van der Waals surface area contributed by atoms with E-state index in [2.05, 4.69) is 11.1 Å². The maximum atomic E-state index is 6.32. The van der Waals surface area contributed by atoms with Gasteiger partial charge in [-0.15, -0.1) is 0 Å². The van der Waals surface area contributed by atoms with Crippen molar-refractivity contribution in [3.63, 3.8) is 0 Å². The molecule has 4 rings (SSSR count). The van der Waals surface area contributed by atoms with Crippen molar-refractivity contribution in [2.45, 2.75) is 37.8 Å². The summed E-state index contributed by atoms with van der Waals surface area (Å²) in [4.78, 5) is 11.0. The van der Waals surface area contributed by atoms with Crippen molar-refractivity contribution in [2.24, 2.45) is 21.5 Å². The molecule has 1 fully saturated rings. The van der Waals surface area contributed by atoms with Gasteiger partial charge in [-0.1, -0.05) is 47.8 Å². The van der Waals surface area contributed by atoms with Crippen LogP contribution >= 0.6 is 23.2 Å². The van der Waals surface area contributed by atoms with Crippen molar-refractivity contribution in [2.75, 3.05) is 4.90 Å². The predicted octanol–water partition coefficient (Wildman–Crippen LogP) is 4.77. The summed E-state index contributed by atoms with van der Waals surface area (Å²) in [6.07, 6.45) is 5.19. The standard InChI is InChI=1S/C20H21Cl2N5/c21-16-8-7-14(12-17(16)22)13-5-4-6-15(11-13)27-19(24)25-18(23)26-20(27)9-2-1-3-10-20/h4-8,11-12H,1-3,9-10H2,(H4,23,24,25,26). The summed E-state index contributed by atoms with van der Waals surface area (Å²) in [5.41, 5.74) is 14.8. The molecule has 7 heteroatoms. The van der Waals surface area contributed by atoms with Crippen LogP contribution in [0.5, 0.6) is 0 Å². The lowest BCUT2D eigenvalue weighted by Gasteiger charge is -2.45. The van der Waals surface area contributed by atoms with Gasteiger partial charge in [-0.3, -0.25) is 4.90 Å². The van der Waals surface area contributed by atoms with Crippen molar-refractivity contribution in [1.82, 2.24) is 0 Å². The monoisotopic (exact) mass is 401 g/mol. The molecule has 5 nitrogen and oxygen atoms in total. The summed E-state index contributed by atoms with van der Waals surface area (Å²) in [5.74, 6) is 0.641. The minimum atomic E-state index is -0.454. The minimum Gasteiger partial charge on any atom is -0.369 e. The van der Waals surface area contributed by atoms with E-state index in [0.29, 0.717) is 16.0 Å². The molecule has 1 spiro atoms. The van der Waals surface area contributed by atoms with Crippen LogP contribution in [0.15, 0.2) is 52.4 Å². The summed E-state index contributed by atoms with van der Waals surface area (Å²) in [7, 11) is 0. The van der Waals surface area contributed by atoms with E-state index >= 15 is 0 Å². The lowest BCUT2D eigenvalue weighted by Crippen LogP contribution is -2.58. The number of guanidine groups is 2. The SMILES string of the molecule is NC1=NC2(CCCCC2)N(c2cccc(-c3ccc(Cl)c(Cl)c3)c2)C(N)=N1. The molecule has 1 saturated carbocycles. The molecule has 0 amide bonds. The van der Waals surface area contributed by atoms with Crippen LogP contribution < -0.4 is 16.4 Å². The Morgan fingerprint density at radius 3 is 2.37 bits per heavy atom. The summed E-state index contributed by atoms with van der Waals surface area (Å²) in [5, 5.41) is 1.06. The molecule has 0 bridgehead atoms. The molecule has 2 aromatic carbocycles. The highest BCUT2D eigenvalue weighted by atomic mass is 35.5. The second-order valence-electron chi connectivity index (χ2n) is 7.00. The third kappa shape index (κ3) is 3.37. The predicted molar refractivity (Wildman–Crippen MR) is 113 cm³/mol. The molecule has 0 unspecified atom stereocenters. The van der Waals surface area contributed by atoms with Crippen LogP contribution in [0.2, 0.25) is 10.0 Å². The fraction of sp³-hybridized carbons (Fsp3) is 0.300. The third-order valence-corrected chi connectivity index (χ3v) is 5.95. The fourth-order valence-electron chi connectivity index (χ4n) is 4.00. The first-order chi connectivity index (χ1) is 13.0. The van der Waals surface area contributed by atoms with Crippen LogP contribution in [0, 0.1) is 0 Å². The molecule has 1 aliphatic carbocycles. The lowest BCUT2D eigenvalue weighted by molar-refractivity contribution is 0.305. The van der Waals surface area contributed by atoms with Crippen LogP contribution in [0.3, 0.4) is 0 Å². The number of anilines is 1. The molecule has 2 aromatic rings. The highest BCUT2D eigenvalue weighted by Gasteiger charge is 2.42. The average Bonchev–Trinajstić information content (AvgIpc) is 2.64. The van der Waals surface area contributed by atoms with Crippen molar-refractivity contribution < 1.29 is 0 Å². The van der Waals surface area contributed by atoms with E-state index in [1.165, 1.54) is 6.42 Å². The maximum absolute atomic E-state index is 6.32. The smallest absolute Gasteiger partial charge is 0.220 e. The average molecular weight is 402 g/mol. The number of aliphatic imine (C=N–C) groups is 2. The first-order valence-corrected chi connectivity index (χ1v) is 9.79. The molecule has 1 heterocycles. The molecule has 0 atom stereocenters. The first-order valence-electron chi connectivity index (χ1n) is 9.04. The van der Waals surface area contributed by atoms with E-state index in [1.807, 2.05) is 35.2 Å². The van der Waals surface area contributed by atoms with Crippen molar-refractivity contribution >= 4 is 40.8 Å². The molecular weight excluding hydrogens is 381 g/mol. The molecule has 0 radical (unpaired) electrons. The van der Waals surface area contributed by atoms with Gasteiger partial charge in [0.05, 0.1) is 10.0 Å². The summed E-state index contributed by atoms with van der Waals surface area (Å²) < 4.78 is 0. The molecule has 140 valence electrons. The Morgan fingerprint density at radius 2 is 1.63 bits per heavy atom. The highest BCUT2D eigenvalue weighted by molar-refractivity contribution is 6.42. The van der Waals surface area contributed by atoms with E-state index < -0.39 is 5.66 Å². The molecule has 27 heavy (non-hydrogen) atoms. The number of benzene rings is 2. The number of nitrogens with zero attached hydrogens (tertiary/aromatic N) is 3. The molecular formula is C20H21Cl2N5. The molecule has 1 aliphatic heterocycles. The Morgan fingerprint density at radius 1 is 0.889 bits per heavy atom. The van der Waals surface area contributed by atoms with Gasteiger partial charge < -0.3 is 11.5 Å². The van der Waals surface area contributed by atoms with E-state index in [4.69, 9.17) is 39.7 Å². The normalized spacial score (nSPS) is 19.0. The van der Waals surface area contributed by atoms with Gasteiger partial charge in [0.1, 0.15) is 5.66 Å². The zero-order valence-corrected chi connectivity index (χ0v) is 16.3. The van der Waals surface area contributed by atoms with Crippen LogP contribution in [0.1, 0.15) is 32.1 Å². The Kier molecular flexibility index (Phi) is 4.74. The van der Waals surface area contributed by atoms with Gasteiger partial charge in [-0.2, -0.15) is 4.99 Å². The van der Waals surface area contributed by atoms with Gasteiger partial charge >= 0.3 is 0 Å². The number of halogens is 2. The van der Waals surface area contributed by atoms with Gasteiger partial charge in [-0.25, -0.2) is 4.99 Å². The number of rotatable bonds is 2. The molecule has 0 aromatic heterocycles. The molecule has 4 N–H and O–H groups in total. The van der Waals surface area contributed by atoms with Crippen LogP contribution in [-0.4, -0.2) is 17.6 Å². The number of hydrogen-bond acceptors (Lipinski definition) is 5. The van der Waals surface area contributed by atoms with Crippen LogP contribution in [0.25, 0.3) is 11.1 Å². The summed E-state index contributed by atoms with van der Waals surface area (Å²) in [6.45, 7) is 0. The number of hydrogen-bond donors (Lipinski definition) is 2. The van der Waals surface area contributed by atoms with Crippen LogP contribution in [0.4, 0.5) is 5.69 Å². The molecule has 0 saturated heterocycles. The van der Waals surface area contributed by atoms with Crippen LogP contribution in [-0.2, 0) is 0 Å². The second kappa shape index (κ2) is 7.06. The largest absolute Gasteiger partial charge is 0.369 e. The van der Waals surface area contributed by atoms with E-state index in [-0.39, 0.29) is 5.96 Å². The lowest BCUT2D eigenvalue weighted by atomic mass is 9.87. The fourth-order valence-corrected chi connectivity index (χ4v) is 4.29. The maximum Gasteiger partial charge on any atom is 0.220 e. The van der Waals surface area contributed by atoms with Crippen molar-refractivity contribution in [3.8, 4) is 11.1 Å². The number of nitrogens with two attached hydrogens (primary N) is 2.